The molecule has 1 aliphatic rings. The third-order valence-electron chi connectivity index (χ3n) is 6.31. The molecule has 0 spiro atoms. The number of rotatable bonds is 8. The van der Waals surface area contributed by atoms with Crippen LogP contribution in [0.25, 0.3) is 0 Å². The van der Waals surface area contributed by atoms with Crippen molar-refractivity contribution in [1.29, 1.82) is 0 Å². The molecule has 0 saturated carbocycles. The average Bonchev–Trinajstić information content (AvgIpc) is 3.31. The van der Waals surface area contributed by atoms with Crippen LogP contribution in [0, 0.1) is 0 Å². The van der Waals surface area contributed by atoms with Gasteiger partial charge in [-0.05, 0) is 99.4 Å². The molecule has 0 heterocycles. The van der Waals surface area contributed by atoms with Gasteiger partial charge in [-0.1, -0.05) is 30.3 Å². The van der Waals surface area contributed by atoms with E-state index in [9.17, 15) is 9.59 Å². The van der Waals surface area contributed by atoms with Crippen molar-refractivity contribution in [3.05, 3.63) is 89.0 Å². The van der Waals surface area contributed by atoms with Gasteiger partial charge in [0.25, 0.3) is 5.91 Å². The Labute approximate surface area is 206 Å². The molecule has 3 aromatic carbocycles. The van der Waals surface area contributed by atoms with Crippen molar-refractivity contribution in [3.8, 4) is 0 Å². The van der Waals surface area contributed by atoms with Crippen LogP contribution >= 0.6 is 0 Å². The van der Waals surface area contributed by atoms with Gasteiger partial charge in [0.05, 0.1) is 17.4 Å². The topological polar surface area (TPSA) is 99.5 Å². The van der Waals surface area contributed by atoms with Crippen LogP contribution in [0.1, 0.15) is 45.9 Å². The first-order valence-electron chi connectivity index (χ1n) is 12.0. The summed E-state index contributed by atoms with van der Waals surface area (Å²) in [7, 11) is 4.01. The van der Waals surface area contributed by atoms with Gasteiger partial charge in [-0.2, -0.15) is 0 Å². The lowest BCUT2D eigenvalue weighted by Gasteiger charge is -2.22. The molecule has 0 fully saturated rings. The summed E-state index contributed by atoms with van der Waals surface area (Å²) in [5.41, 5.74) is 12.0. The number of hydrogen-bond donors (Lipinski definition) is 4. The largest absolute Gasteiger partial charge is 0.397 e. The fourth-order valence-corrected chi connectivity index (χ4v) is 4.36. The smallest absolute Gasteiger partial charge is 0.319 e. The summed E-state index contributed by atoms with van der Waals surface area (Å²) in [6.07, 6.45) is 4.08. The molecule has 3 amide bonds. The Morgan fingerprint density at radius 2 is 1.69 bits per heavy atom. The van der Waals surface area contributed by atoms with Crippen molar-refractivity contribution in [2.24, 2.45) is 0 Å². The number of hydrogen-bond acceptors (Lipinski definition) is 4. The lowest BCUT2D eigenvalue weighted by atomic mass is 10.0. The number of nitrogens with two attached hydrogens (primary N) is 1. The first-order valence-corrected chi connectivity index (χ1v) is 12.0. The minimum atomic E-state index is -0.243. The van der Waals surface area contributed by atoms with Crippen molar-refractivity contribution in [3.63, 3.8) is 0 Å². The Morgan fingerprint density at radius 1 is 0.943 bits per heavy atom. The molecule has 35 heavy (non-hydrogen) atoms. The summed E-state index contributed by atoms with van der Waals surface area (Å²) >= 11 is 0. The van der Waals surface area contributed by atoms with Gasteiger partial charge in [0, 0.05) is 11.3 Å². The Bertz CT molecular complexity index is 1190. The van der Waals surface area contributed by atoms with Gasteiger partial charge in [0.1, 0.15) is 0 Å². The highest BCUT2D eigenvalue weighted by molar-refractivity contribution is 6.05. The average molecular weight is 472 g/mol. The maximum atomic E-state index is 12.8. The molecular weight excluding hydrogens is 438 g/mol. The Balaban J connectivity index is 1.43. The number of carbonyl (C=O) groups is 2. The minimum absolute atomic E-state index is 0.200. The highest BCUT2D eigenvalue weighted by Gasteiger charge is 2.17. The van der Waals surface area contributed by atoms with E-state index in [1.165, 1.54) is 17.5 Å². The molecule has 0 aliphatic heterocycles. The van der Waals surface area contributed by atoms with Crippen molar-refractivity contribution in [1.82, 2.24) is 10.2 Å². The number of para-hydroxylation sites is 2. The summed E-state index contributed by atoms with van der Waals surface area (Å²) in [5, 5.41) is 8.93. The van der Waals surface area contributed by atoms with E-state index in [-0.39, 0.29) is 18.0 Å². The van der Waals surface area contributed by atoms with Crippen molar-refractivity contribution < 1.29 is 9.59 Å². The van der Waals surface area contributed by atoms with E-state index in [2.05, 4.69) is 33.0 Å². The third kappa shape index (κ3) is 6.39. The molecule has 1 atom stereocenters. The predicted molar refractivity (Wildman–Crippen MR) is 142 cm³/mol. The molecule has 0 saturated heterocycles. The Kier molecular flexibility index (Phi) is 7.67. The number of benzene rings is 3. The van der Waals surface area contributed by atoms with Gasteiger partial charge in [0.15, 0.2) is 0 Å². The predicted octanol–water partition coefficient (Wildman–Crippen LogP) is 4.82. The molecule has 182 valence electrons. The van der Waals surface area contributed by atoms with E-state index >= 15 is 0 Å². The second-order valence-electron chi connectivity index (χ2n) is 9.24. The number of urea groups is 1. The summed E-state index contributed by atoms with van der Waals surface area (Å²) in [5.74, 6) is -0.235. The zero-order valence-corrected chi connectivity index (χ0v) is 20.3. The fourth-order valence-electron chi connectivity index (χ4n) is 4.36. The number of carbonyl (C=O) groups excluding carboxylic acids is 2. The van der Waals surface area contributed by atoms with E-state index in [1.54, 1.807) is 24.3 Å². The third-order valence-corrected chi connectivity index (χ3v) is 6.31. The molecular formula is C28H33N5O2. The number of anilines is 3. The summed E-state index contributed by atoms with van der Waals surface area (Å²) in [4.78, 5) is 27.6. The second kappa shape index (κ2) is 11.1. The zero-order valence-electron chi connectivity index (χ0n) is 20.3. The van der Waals surface area contributed by atoms with Crippen LogP contribution in [-0.4, -0.2) is 37.5 Å². The maximum Gasteiger partial charge on any atom is 0.319 e. The van der Waals surface area contributed by atoms with Crippen LogP contribution in [0.2, 0.25) is 0 Å². The van der Waals surface area contributed by atoms with Crippen LogP contribution < -0.4 is 21.7 Å². The van der Waals surface area contributed by atoms with E-state index in [4.69, 9.17) is 5.73 Å². The van der Waals surface area contributed by atoms with E-state index in [1.807, 2.05) is 44.4 Å². The number of nitrogens with zero attached hydrogens (tertiary/aromatic N) is 1. The molecule has 0 bridgehead atoms. The monoisotopic (exact) mass is 471 g/mol. The molecule has 4 rings (SSSR count). The normalized spacial score (nSPS) is 13.2. The SMILES string of the molecule is CN(C)CCC(NC(=O)Nc1ccc2c(c1)CCC2)c1ccc(C(=O)Nc2ccccc2N)cc1. The zero-order chi connectivity index (χ0) is 24.8. The van der Waals surface area contributed by atoms with E-state index in [0.29, 0.717) is 16.9 Å². The Morgan fingerprint density at radius 3 is 2.43 bits per heavy atom. The molecule has 0 radical (unpaired) electrons. The quantitative estimate of drug-likeness (QED) is 0.354. The van der Waals surface area contributed by atoms with Crippen LogP contribution in [0.5, 0.6) is 0 Å². The molecule has 3 aromatic rings. The van der Waals surface area contributed by atoms with Crippen molar-refractivity contribution in [2.75, 3.05) is 37.0 Å². The standard InChI is InChI=1S/C28H33N5O2/c1-33(2)17-16-25(32-28(35)30-23-15-14-19-6-5-7-22(19)18-23)20-10-12-21(13-11-20)27(34)31-26-9-4-3-8-24(26)29/h3-4,8-15,18,25H,5-7,16-17,29H2,1-2H3,(H,31,34)(H2,30,32,35). The van der Waals surface area contributed by atoms with Crippen molar-refractivity contribution >= 4 is 29.0 Å². The lowest BCUT2D eigenvalue weighted by molar-refractivity contribution is 0.102. The maximum absolute atomic E-state index is 12.8. The van der Waals surface area contributed by atoms with Gasteiger partial charge >= 0.3 is 6.03 Å². The number of nitrogens with one attached hydrogen (secondary N) is 3. The summed E-state index contributed by atoms with van der Waals surface area (Å²) in [6.45, 7) is 0.805. The van der Waals surface area contributed by atoms with Crippen LogP contribution in [0.3, 0.4) is 0 Å². The first kappa shape index (κ1) is 24.3. The van der Waals surface area contributed by atoms with Gasteiger partial charge in [-0.25, -0.2) is 4.79 Å². The van der Waals surface area contributed by atoms with E-state index < -0.39 is 0 Å². The summed E-state index contributed by atoms with van der Waals surface area (Å²) < 4.78 is 0. The van der Waals surface area contributed by atoms with Crippen LogP contribution in [-0.2, 0) is 12.8 Å². The molecule has 0 aromatic heterocycles. The number of fused-ring (bicyclic) bond motifs is 1. The van der Waals surface area contributed by atoms with Gasteiger partial charge in [0.2, 0.25) is 0 Å². The number of nitrogen functional groups attached to an aromatic ring is 1. The fraction of sp³-hybridized carbons (Fsp3) is 0.286. The highest BCUT2D eigenvalue weighted by atomic mass is 16.2. The Hall–Kier alpha value is -3.84. The number of aryl methyl sites for hydroxylation is 2. The lowest BCUT2D eigenvalue weighted by Crippen LogP contribution is -2.34. The minimum Gasteiger partial charge on any atom is -0.397 e. The summed E-state index contributed by atoms with van der Waals surface area (Å²) in [6, 6.07) is 20.2. The van der Waals surface area contributed by atoms with E-state index in [0.717, 1.165) is 37.1 Å². The molecule has 1 unspecified atom stereocenters. The van der Waals surface area contributed by atoms with Gasteiger partial charge in [-0.3, -0.25) is 4.79 Å². The van der Waals surface area contributed by atoms with Gasteiger partial charge in [-0.15, -0.1) is 0 Å². The first-order chi connectivity index (χ1) is 16.9. The van der Waals surface area contributed by atoms with Crippen LogP contribution in [0.15, 0.2) is 66.7 Å². The molecule has 5 N–H and O–H groups in total. The molecule has 7 nitrogen and oxygen atoms in total. The van der Waals surface area contributed by atoms with Crippen LogP contribution in [0.4, 0.5) is 21.9 Å². The van der Waals surface area contributed by atoms with Crippen molar-refractivity contribution in [2.45, 2.75) is 31.7 Å². The van der Waals surface area contributed by atoms with Gasteiger partial charge < -0.3 is 26.6 Å². The second-order valence-corrected chi connectivity index (χ2v) is 9.24. The number of amides is 3. The molecule has 7 heteroatoms. The molecule has 1 aliphatic carbocycles. The highest BCUT2D eigenvalue weighted by Crippen LogP contribution is 2.25.